The Morgan fingerprint density at radius 2 is 2.26 bits per heavy atom. The third-order valence-corrected chi connectivity index (χ3v) is 4.04. The lowest BCUT2D eigenvalue weighted by atomic mass is 9.98. The lowest BCUT2D eigenvalue weighted by Crippen LogP contribution is -2.42. The van der Waals surface area contributed by atoms with Crippen LogP contribution in [0.5, 0.6) is 0 Å². The Morgan fingerprint density at radius 1 is 1.47 bits per heavy atom. The first-order valence-electron chi connectivity index (χ1n) is 7.02. The van der Waals surface area contributed by atoms with Crippen LogP contribution in [0.1, 0.15) is 37.8 Å². The third kappa shape index (κ3) is 2.90. The molecule has 3 nitrogen and oxygen atoms in total. The van der Waals surface area contributed by atoms with Crippen LogP contribution in [0.2, 0.25) is 0 Å². The summed E-state index contributed by atoms with van der Waals surface area (Å²) in [7, 11) is 1.83. The Morgan fingerprint density at radius 3 is 2.95 bits per heavy atom. The minimum absolute atomic E-state index is 0.0440. The second-order valence-corrected chi connectivity index (χ2v) is 5.21. The molecule has 0 amide bonds. The molecule has 1 fully saturated rings. The molecular weight excluding hydrogens is 243 g/mol. The normalized spacial score (nSPS) is 21.5. The van der Waals surface area contributed by atoms with E-state index >= 15 is 0 Å². The predicted molar refractivity (Wildman–Crippen MR) is 75.9 cm³/mol. The molecule has 19 heavy (non-hydrogen) atoms. The Labute approximate surface area is 114 Å². The van der Waals surface area contributed by atoms with Crippen molar-refractivity contribution in [3.05, 3.63) is 29.6 Å². The van der Waals surface area contributed by atoms with E-state index in [2.05, 4.69) is 10.2 Å². The van der Waals surface area contributed by atoms with E-state index in [4.69, 9.17) is 0 Å². The summed E-state index contributed by atoms with van der Waals surface area (Å²) in [6, 6.07) is 5.28. The number of aliphatic hydroxyl groups is 1. The smallest absolute Gasteiger partial charge is 0.130 e. The average molecular weight is 266 g/mol. The van der Waals surface area contributed by atoms with Crippen LogP contribution in [0.4, 0.5) is 10.1 Å². The molecule has 1 heterocycles. The number of rotatable bonds is 4. The zero-order chi connectivity index (χ0) is 13.8. The van der Waals surface area contributed by atoms with Crippen LogP contribution in [-0.4, -0.2) is 31.3 Å². The van der Waals surface area contributed by atoms with Gasteiger partial charge in [0.05, 0.1) is 12.6 Å². The fourth-order valence-corrected chi connectivity index (χ4v) is 2.86. The molecule has 2 atom stereocenters. The summed E-state index contributed by atoms with van der Waals surface area (Å²) in [6.45, 7) is 2.97. The third-order valence-electron chi connectivity index (χ3n) is 4.04. The quantitative estimate of drug-likeness (QED) is 0.878. The van der Waals surface area contributed by atoms with Gasteiger partial charge in [0, 0.05) is 23.8 Å². The van der Waals surface area contributed by atoms with Crippen LogP contribution in [0.25, 0.3) is 0 Å². The molecule has 0 radical (unpaired) electrons. The highest BCUT2D eigenvalue weighted by Gasteiger charge is 2.26. The molecule has 2 rings (SSSR count). The molecule has 106 valence electrons. The fourth-order valence-electron chi connectivity index (χ4n) is 2.86. The summed E-state index contributed by atoms with van der Waals surface area (Å²) in [5.74, 6) is -0.179. The maximum absolute atomic E-state index is 14.1. The Hall–Kier alpha value is -1.13. The highest BCUT2D eigenvalue weighted by atomic mass is 19.1. The monoisotopic (exact) mass is 266 g/mol. The first kappa shape index (κ1) is 14.3. The number of piperidine rings is 1. The van der Waals surface area contributed by atoms with Gasteiger partial charge in [-0.25, -0.2) is 4.39 Å². The minimum atomic E-state index is -0.179. The van der Waals surface area contributed by atoms with Crippen LogP contribution in [0.15, 0.2) is 18.2 Å². The number of anilines is 1. The summed E-state index contributed by atoms with van der Waals surface area (Å²) in [6.07, 6.45) is 3.20. The highest BCUT2D eigenvalue weighted by molar-refractivity contribution is 5.56. The Kier molecular flexibility index (Phi) is 4.77. The van der Waals surface area contributed by atoms with Gasteiger partial charge in [0.15, 0.2) is 0 Å². The van der Waals surface area contributed by atoms with Crippen molar-refractivity contribution < 1.29 is 9.50 Å². The number of benzene rings is 1. The summed E-state index contributed by atoms with van der Waals surface area (Å²) in [5.41, 5.74) is 1.62. The summed E-state index contributed by atoms with van der Waals surface area (Å²) in [5, 5.41) is 12.6. The molecule has 0 spiro atoms. The molecule has 2 unspecified atom stereocenters. The average Bonchev–Trinajstić information content (AvgIpc) is 2.46. The SMILES string of the molecule is CNC(C)c1c(F)cccc1N1CCCCC1CO. The zero-order valence-corrected chi connectivity index (χ0v) is 11.7. The van der Waals surface area contributed by atoms with Crippen LogP contribution in [-0.2, 0) is 0 Å². The van der Waals surface area contributed by atoms with E-state index in [1.807, 2.05) is 20.0 Å². The lowest BCUT2D eigenvalue weighted by Gasteiger charge is -2.38. The van der Waals surface area contributed by atoms with Gasteiger partial charge in [-0.2, -0.15) is 0 Å². The number of hydrogen-bond donors (Lipinski definition) is 2. The van der Waals surface area contributed by atoms with Crippen molar-refractivity contribution in [2.24, 2.45) is 0 Å². The molecule has 1 aromatic rings. The maximum Gasteiger partial charge on any atom is 0.130 e. The largest absolute Gasteiger partial charge is 0.394 e. The van der Waals surface area contributed by atoms with Crippen molar-refractivity contribution in [2.75, 3.05) is 25.1 Å². The predicted octanol–water partition coefficient (Wildman–Crippen LogP) is 2.46. The van der Waals surface area contributed by atoms with Crippen molar-refractivity contribution >= 4 is 5.69 Å². The van der Waals surface area contributed by atoms with Gasteiger partial charge in [-0.05, 0) is 45.4 Å². The van der Waals surface area contributed by atoms with Gasteiger partial charge in [-0.1, -0.05) is 6.07 Å². The van der Waals surface area contributed by atoms with E-state index in [0.717, 1.165) is 31.5 Å². The first-order chi connectivity index (χ1) is 9.19. The minimum Gasteiger partial charge on any atom is -0.394 e. The molecule has 4 heteroatoms. The van der Waals surface area contributed by atoms with Gasteiger partial charge in [-0.15, -0.1) is 0 Å². The molecule has 0 aliphatic carbocycles. The van der Waals surface area contributed by atoms with Crippen LogP contribution in [0, 0.1) is 5.82 Å². The van der Waals surface area contributed by atoms with Crippen LogP contribution < -0.4 is 10.2 Å². The molecule has 0 aromatic heterocycles. The Balaban J connectivity index is 2.40. The number of aliphatic hydroxyl groups excluding tert-OH is 1. The first-order valence-corrected chi connectivity index (χ1v) is 7.02. The van der Waals surface area contributed by atoms with Crippen molar-refractivity contribution in [3.8, 4) is 0 Å². The standard InChI is InChI=1S/C15H23FN2O/c1-11(17-2)15-13(16)7-5-8-14(15)18-9-4-3-6-12(18)10-19/h5,7-8,11-12,17,19H,3-4,6,9-10H2,1-2H3. The Bertz CT molecular complexity index is 425. The van der Waals surface area contributed by atoms with Crippen molar-refractivity contribution in [1.82, 2.24) is 5.32 Å². The van der Waals surface area contributed by atoms with E-state index in [1.54, 1.807) is 6.07 Å². The highest BCUT2D eigenvalue weighted by Crippen LogP contribution is 2.32. The van der Waals surface area contributed by atoms with E-state index in [0.29, 0.717) is 5.56 Å². The topological polar surface area (TPSA) is 35.5 Å². The molecule has 1 aliphatic heterocycles. The van der Waals surface area contributed by atoms with Crippen molar-refractivity contribution in [1.29, 1.82) is 0 Å². The van der Waals surface area contributed by atoms with Crippen LogP contribution >= 0.6 is 0 Å². The van der Waals surface area contributed by atoms with E-state index in [1.165, 1.54) is 6.07 Å². The maximum atomic E-state index is 14.1. The number of hydrogen-bond acceptors (Lipinski definition) is 3. The number of nitrogens with zero attached hydrogens (tertiary/aromatic N) is 1. The molecule has 1 saturated heterocycles. The molecule has 1 aliphatic rings. The summed E-state index contributed by atoms with van der Waals surface area (Å²) >= 11 is 0. The van der Waals surface area contributed by atoms with E-state index < -0.39 is 0 Å². The van der Waals surface area contributed by atoms with Gasteiger partial charge in [0.25, 0.3) is 0 Å². The van der Waals surface area contributed by atoms with Crippen molar-refractivity contribution in [3.63, 3.8) is 0 Å². The zero-order valence-electron chi connectivity index (χ0n) is 11.7. The van der Waals surface area contributed by atoms with E-state index in [-0.39, 0.29) is 24.5 Å². The summed E-state index contributed by atoms with van der Waals surface area (Å²) < 4.78 is 14.1. The van der Waals surface area contributed by atoms with Gasteiger partial charge < -0.3 is 15.3 Å². The fraction of sp³-hybridized carbons (Fsp3) is 0.600. The lowest BCUT2D eigenvalue weighted by molar-refractivity contribution is 0.240. The molecular formula is C15H23FN2O. The second kappa shape index (κ2) is 6.35. The molecule has 1 aromatic carbocycles. The second-order valence-electron chi connectivity index (χ2n) is 5.21. The molecule has 0 bridgehead atoms. The van der Waals surface area contributed by atoms with Gasteiger partial charge >= 0.3 is 0 Å². The van der Waals surface area contributed by atoms with Gasteiger partial charge in [0.2, 0.25) is 0 Å². The van der Waals surface area contributed by atoms with Crippen LogP contribution in [0.3, 0.4) is 0 Å². The summed E-state index contributed by atoms with van der Waals surface area (Å²) in [4.78, 5) is 2.16. The molecule has 0 saturated carbocycles. The van der Waals surface area contributed by atoms with Gasteiger partial charge in [-0.3, -0.25) is 0 Å². The van der Waals surface area contributed by atoms with Gasteiger partial charge in [0.1, 0.15) is 5.82 Å². The molecule has 2 N–H and O–H groups in total. The van der Waals surface area contributed by atoms with E-state index in [9.17, 15) is 9.50 Å². The van der Waals surface area contributed by atoms with Crippen molar-refractivity contribution in [2.45, 2.75) is 38.3 Å². The number of nitrogens with one attached hydrogen (secondary N) is 1. The number of halogens is 1.